The van der Waals surface area contributed by atoms with Crippen molar-refractivity contribution in [3.8, 4) is 0 Å². The van der Waals surface area contributed by atoms with Gasteiger partial charge >= 0.3 is 11.9 Å². The topological polar surface area (TPSA) is 111 Å². The van der Waals surface area contributed by atoms with Gasteiger partial charge in [0, 0.05) is 5.69 Å². The molecule has 10 heteroatoms. The molecule has 2 N–H and O–H groups in total. The van der Waals surface area contributed by atoms with Crippen LogP contribution >= 0.6 is 0 Å². The van der Waals surface area contributed by atoms with Gasteiger partial charge in [-0.3, -0.25) is 4.72 Å². The number of anilines is 2. The summed E-state index contributed by atoms with van der Waals surface area (Å²) in [5.74, 6) is -2.30. The number of ether oxygens (including phenoxy) is 2. The molecule has 0 fully saturated rings. The SMILES string of the molecule is COC(=O)/C=C(/Nc1ccc(S(=O)(=O)Nc2ccccc2F)cc1)C(=O)OC. The molecule has 0 heterocycles. The van der Waals surface area contributed by atoms with E-state index in [1.807, 2.05) is 0 Å². The number of esters is 2. The van der Waals surface area contributed by atoms with Crippen molar-refractivity contribution in [1.29, 1.82) is 0 Å². The lowest BCUT2D eigenvalue weighted by atomic mass is 10.3. The quantitative estimate of drug-likeness (QED) is 0.534. The predicted octanol–water partition coefficient (Wildman–Crippen LogP) is 2.27. The van der Waals surface area contributed by atoms with E-state index in [1.54, 1.807) is 0 Å². The third-order valence-corrected chi connectivity index (χ3v) is 4.81. The first-order chi connectivity index (χ1) is 13.3. The minimum Gasteiger partial charge on any atom is -0.466 e. The zero-order chi connectivity index (χ0) is 20.7. The molecule has 0 atom stereocenters. The summed E-state index contributed by atoms with van der Waals surface area (Å²) < 4.78 is 49.6. The summed E-state index contributed by atoms with van der Waals surface area (Å²) in [6.07, 6.45) is 0.899. The van der Waals surface area contributed by atoms with Crippen molar-refractivity contribution in [2.75, 3.05) is 24.3 Å². The van der Waals surface area contributed by atoms with Crippen LogP contribution in [0.15, 0.2) is 65.2 Å². The lowest BCUT2D eigenvalue weighted by molar-refractivity contribution is -0.138. The van der Waals surface area contributed by atoms with E-state index >= 15 is 0 Å². The van der Waals surface area contributed by atoms with Crippen LogP contribution in [-0.2, 0) is 29.1 Å². The molecular weight excluding hydrogens is 391 g/mol. The van der Waals surface area contributed by atoms with Gasteiger partial charge in [0.1, 0.15) is 11.5 Å². The highest BCUT2D eigenvalue weighted by atomic mass is 32.2. The van der Waals surface area contributed by atoms with Crippen molar-refractivity contribution in [3.63, 3.8) is 0 Å². The summed E-state index contributed by atoms with van der Waals surface area (Å²) in [5.41, 5.74) is -0.0708. The number of carbonyl (C=O) groups excluding carboxylic acids is 2. The molecule has 0 spiro atoms. The summed E-state index contributed by atoms with van der Waals surface area (Å²) in [7, 11) is -1.74. The Hall–Kier alpha value is -3.40. The molecule has 0 aliphatic rings. The standard InChI is InChI=1S/C18H17FN2O6S/c1-26-17(22)11-16(18(23)27-2)20-12-7-9-13(10-8-12)28(24,25)21-15-6-4-3-5-14(15)19/h3-11,20-21H,1-2H3/b16-11+. The smallest absolute Gasteiger partial charge is 0.354 e. The maximum Gasteiger partial charge on any atom is 0.354 e. The Balaban J connectivity index is 2.22. The first-order valence-electron chi connectivity index (χ1n) is 7.79. The van der Waals surface area contributed by atoms with E-state index in [0.717, 1.165) is 26.4 Å². The van der Waals surface area contributed by atoms with Crippen molar-refractivity contribution in [1.82, 2.24) is 0 Å². The molecular formula is C18H17FN2O6S. The number of halogens is 1. The molecule has 148 valence electrons. The third kappa shape index (κ3) is 5.30. The Morgan fingerprint density at radius 2 is 1.64 bits per heavy atom. The lowest BCUT2D eigenvalue weighted by Crippen LogP contribution is -2.16. The van der Waals surface area contributed by atoms with Crippen molar-refractivity contribution in [2.45, 2.75) is 4.90 Å². The summed E-state index contributed by atoms with van der Waals surface area (Å²) in [6, 6.07) is 10.6. The first-order valence-corrected chi connectivity index (χ1v) is 9.27. The van der Waals surface area contributed by atoms with Crippen LogP contribution < -0.4 is 10.0 Å². The van der Waals surface area contributed by atoms with E-state index in [1.165, 1.54) is 42.5 Å². The van der Waals surface area contributed by atoms with Crippen LogP contribution in [0.3, 0.4) is 0 Å². The molecule has 0 unspecified atom stereocenters. The molecule has 2 aromatic carbocycles. The van der Waals surface area contributed by atoms with E-state index < -0.39 is 27.8 Å². The van der Waals surface area contributed by atoms with Gasteiger partial charge in [-0.2, -0.15) is 0 Å². The summed E-state index contributed by atoms with van der Waals surface area (Å²) in [4.78, 5) is 23.0. The number of hydrogen-bond donors (Lipinski definition) is 2. The van der Waals surface area contributed by atoms with Gasteiger partial charge < -0.3 is 14.8 Å². The largest absolute Gasteiger partial charge is 0.466 e. The molecule has 0 aromatic heterocycles. The van der Waals surface area contributed by atoms with E-state index in [4.69, 9.17) is 0 Å². The molecule has 0 amide bonds. The van der Waals surface area contributed by atoms with Crippen LogP contribution in [0.5, 0.6) is 0 Å². The maximum atomic E-state index is 13.7. The molecule has 0 aliphatic carbocycles. The third-order valence-electron chi connectivity index (χ3n) is 3.43. The number of hydrogen-bond acceptors (Lipinski definition) is 7. The van der Waals surface area contributed by atoms with Crippen molar-refractivity contribution < 1.29 is 31.9 Å². The van der Waals surface area contributed by atoms with Crippen LogP contribution in [0.4, 0.5) is 15.8 Å². The van der Waals surface area contributed by atoms with E-state index in [-0.39, 0.29) is 16.3 Å². The number of methoxy groups -OCH3 is 2. The van der Waals surface area contributed by atoms with E-state index in [9.17, 15) is 22.4 Å². The van der Waals surface area contributed by atoms with Gasteiger partial charge in [0.25, 0.3) is 10.0 Å². The van der Waals surface area contributed by atoms with Gasteiger partial charge in [0.15, 0.2) is 0 Å². The second-order valence-electron chi connectivity index (χ2n) is 5.31. The number of carbonyl (C=O) groups is 2. The summed E-state index contributed by atoms with van der Waals surface area (Å²) in [5, 5.41) is 2.64. The Morgan fingerprint density at radius 1 is 1.00 bits per heavy atom. The highest BCUT2D eigenvalue weighted by Gasteiger charge is 2.17. The number of rotatable bonds is 7. The van der Waals surface area contributed by atoms with Crippen LogP contribution in [0.2, 0.25) is 0 Å². The highest BCUT2D eigenvalue weighted by molar-refractivity contribution is 7.92. The first kappa shape index (κ1) is 20.9. The van der Waals surface area contributed by atoms with E-state index in [0.29, 0.717) is 5.69 Å². The molecule has 28 heavy (non-hydrogen) atoms. The molecule has 0 saturated carbocycles. The fraction of sp³-hybridized carbons (Fsp3) is 0.111. The van der Waals surface area contributed by atoms with Crippen molar-refractivity contribution in [2.24, 2.45) is 0 Å². The Kier molecular flexibility index (Phi) is 6.72. The second-order valence-corrected chi connectivity index (χ2v) is 6.99. The van der Waals surface area contributed by atoms with Gasteiger partial charge in [0.2, 0.25) is 0 Å². The van der Waals surface area contributed by atoms with Gasteiger partial charge in [-0.15, -0.1) is 0 Å². The van der Waals surface area contributed by atoms with Gasteiger partial charge in [-0.05, 0) is 36.4 Å². The van der Waals surface area contributed by atoms with Crippen LogP contribution in [-0.4, -0.2) is 34.6 Å². The predicted molar refractivity (Wildman–Crippen MR) is 99.4 cm³/mol. The van der Waals surface area contributed by atoms with Crippen LogP contribution in [0, 0.1) is 5.82 Å². The normalized spacial score (nSPS) is 11.5. The van der Waals surface area contributed by atoms with Crippen LogP contribution in [0.1, 0.15) is 0 Å². The van der Waals surface area contributed by atoms with E-state index in [2.05, 4.69) is 19.5 Å². The molecule has 2 aromatic rings. The fourth-order valence-corrected chi connectivity index (χ4v) is 3.12. The van der Waals surface area contributed by atoms with Crippen LogP contribution in [0.25, 0.3) is 0 Å². The average Bonchev–Trinajstić information content (AvgIpc) is 2.68. The Morgan fingerprint density at radius 3 is 2.21 bits per heavy atom. The average molecular weight is 408 g/mol. The minimum atomic E-state index is -4.02. The number of nitrogens with one attached hydrogen (secondary N) is 2. The molecule has 2 rings (SSSR count). The zero-order valence-electron chi connectivity index (χ0n) is 14.9. The van der Waals surface area contributed by atoms with Gasteiger partial charge in [-0.25, -0.2) is 22.4 Å². The highest BCUT2D eigenvalue weighted by Crippen LogP contribution is 2.21. The Labute approximate surface area is 161 Å². The van der Waals surface area contributed by atoms with Gasteiger partial charge in [-0.1, -0.05) is 12.1 Å². The lowest BCUT2D eigenvalue weighted by Gasteiger charge is -2.11. The molecule has 0 aliphatic heterocycles. The monoisotopic (exact) mass is 408 g/mol. The minimum absolute atomic E-state index is 0.127. The molecule has 0 saturated heterocycles. The summed E-state index contributed by atoms with van der Waals surface area (Å²) in [6.45, 7) is 0. The maximum absolute atomic E-state index is 13.7. The molecule has 0 radical (unpaired) electrons. The molecule has 8 nitrogen and oxygen atoms in total. The van der Waals surface area contributed by atoms with Crippen molar-refractivity contribution in [3.05, 3.63) is 66.1 Å². The zero-order valence-corrected chi connectivity index (χ0v) is 15.7. The number of para-hydroxylation sites is 1. The Bertz CT molecular complexity index is 1000. The van der Waals surface area contributed by atoms with Gasteiger partial charge in [0.05, 0.1) is 30.9 Å². The van der Waals surface area contributed by atoms with Crippen molar-refractivity contribution >= 4 is 33.3 Å². The molecule has 0 bridgehead atoms. The second kappa shape index (κ2) is 9.00. The fourth-order valence-electron chi connectivity index (χ4n) is 2.05. The number of benzene rings is 2. The number of sulfonamides is 1. The summed E-state index contributed by atoms with van der Waals surface area (Å²) >= 11 is 0.